The summed E-state index contributed by atoms with van der Waals surface area (Å²) in [4.78, 5) is 2.58. The van der Waals surface area contributed by atoms with Crippen LogP contribution in [0.4, 0.5) is 0 Å². The van der Waals surface area contributed by atoms with Crippen LogP contribution in [0, 0.1) is 0 Å². The van der Waals surface area contributed by atoms with Gasteiger partial charge in [-0.1, -0.05) is 0 Å². The zero-order valence-electron chi connectivity index (χ0n) is 11.7. The Kier molecular flexibility index (Phi) is 7.95. The van der Waals surface area contributed by atoms with E-state index in [0.717, 1.165) is 19.5 Å². The Balaban J connectivity index is 0.00000180. The van der Waals surface area contributed by atoms with Crippen LogP contribution >= 0.6 is 23.7 Å². The number of nitrogens with zero attached hydrogens (tertiary/aromatic N) is 1. The quantitative estimate of drug-likeness (QED) is 0.848. The van der Waals surface area contributed by atoms with Crippen LogP contribution in [-0.2, 0) is 6.54 Å². The highest BCUT2D eigenvalue weighted by Gasteiger charge is 2.21. The van der Waals surface area contributed by atoms with Gasteiger partial charge < -0.3 is 16.0 Å². The van der Waals surface area contributed by atoms with Crippen molar-refractivity contribution in [2.24, 2.45) is 5.73 Å². The molecule has 2 heterocycles. The third-order valence-electron chi connectivity index (χ3n) is 3.91. The topological polar surface area (TPSA) is 41.3 Å². The van der Waals surface area contributed by atoms with Gasteiger partial charge in [0.25, 0.3) is 0 Å². The van der Waals surface area contributed by atoms with Crippen molar-refractivity contribution in [3.8, 4) is 0 Å². The molecule has 1 aliphatic rings. The molecule has 0 unspecified atom stereocenters. The zero-order chi connectivity index (χ0) is 12.8. The summed E-state index contributed by atoms with van der Waals surface area (Å²) in [5, 5.41) is 8.05. The molecule has 2 rings (SSSR count). The lowest BCUT2D eigenvalue weighted by molar-refractivity contribution is 0.147. The lowest BCUT2D eigenvalue weighted by Gasteiger charge is -2.36. The van der Waals surface area contributed by atoms with Gasteiger partial charge in [0.05, 0.1) is 0 Å². The largest absolute Gasteiger partial charge is 0.330 e. The van der Waals surface area contributed by atoms with E-state index in [-0.39, 0.29) is 12.4 Å². The van der Waals surface area contributed by atoms with Crippen molar-refractivity contribution in [3.05, 3.63) is 22.4 Å². The fraction of sp³-hybridized carbons (Fsp3) is 0.714. The van der Waals surface area contributed by atoms with Gasteiger partial charge in [-0.2, -0.15) is 11.3 Å². The number of hydrogen-bond donors (Lipinski definition) is 2. The van der Waals surface area contributed by atoms with Crippen molar-refractivity contribution in [3.63, 3.8) is 0 Å². The van der Waals surface area contributed by atoms with Crippen LogP contribution in [0.15, 0.2) is 16.8 Å². The van der Waals surface area contributed by atoms with Gasteiger partial charge in [0.15, 0.2) is 0 Å². The lowest BCUT2D eigenvalue weighted by Crippen LogP contribution is -2.46. The summed E-state index contributed by atoms with van der Waals surface area (Å²) in [5.41, 5.74) is 7.04. The van der Waals surface area contributed by atoms with E-state index < -0.39 is 0 Å². The summed E-state index contributed by atoms with van der Waals surface area (Å²) >= 11 is 1.78. The van der Waals surface area contributed by atoms with E-state index in [9.17, 15) is 0 Å². The normalized spacial score (nSPS) is 19.1. The maximum absolute atomic E-state index is 5.63. The summed E-state index contributed by atoms with van der Waals surface area (Å²) in [5.74, 6) is 0. The standard InChI is InChI=1S/C14H25N3S.ClH/c1-12(2-6-15)17-7-3-14(4-8-17)16-10-13-5-9-18-11-13;/h5,9,11-12,14,16H,2-4,6-8,10,15H2,1H3;1H/t12-;/m1./s1. The second kappa shape index (κ2) is 8.93. The predicted octanol–water partition coefficient (Wildman–Crippen LogP) is 2.46. The van der Waals surface area contributed by atoms with Crippen LogP contribution in [0.5, 0.6) is 0 Å². The molecule has 0 amide bonds. The minimum Gasteiger partial charge on any atom is -0.330 e. The Bertz CT molecular complexity index is 323. The van der Waals surface area contributed by atoms with Crippen LogP contribution < -0.4 is 11.1 Å². The minimum absolute atomic E-state index is 0. The fourth-order valence-electron chi connectivity index (χ4n) is 2.62. The van der Waals surface area contributed by atoms with Gasteiger partial charge in [0.2, 0.25) is 0 Å². The van der Waals surface area contributed by atoms with E-state index in [2.05, 4.69) is 34.0 Å². The highest BCUT2D eigenvalue weighted by atomic mass is 35.5. The Morgan fingerprint density at radius 3 is 2.79 bits per heavy atom. The third-order valence-corrected chi connectivity index (χ3v) is 4.64. The van der Waals surface area contributed by atoms with E-state index in [4.69, 9.17) is 5.73 Å². The van der Waals surface area contributed by atoms with E-state index in [1.807, 2.05) is 0 Å². The van der Waals surface area contributed by atoms with Crippen molar-refractivity contribution in [2.75, 3.05) is 19.6 Å². The Labute approximate surface area is 127 Å². The number of piperidine rings is 1. The first-order valence-corrected chi connectivity index (χ1v) is 7.92. The van der Waals surface area contributed by atoms with Crippen LogP contribution in [0.25, 0.3) is 0 Å². The van der Waals surface area contributed by atoms with Gasteiger partial charge in [-0.05, 0) is 68.2 Å². The number of hydrogen-bond acceptors (Lipinski definition) is 4. The molecule has 1 atom stereocenters. The molecule has 1 saturated heterocycles. The Morgan fingerprint density at radius 2 is 2.21 bits per heavy atom. The SMILES string of the molecule is C[C@H](CCN)N1CCC(NCc2ccsc2)CC1.Cl. The molecule has 0 bridgehead atoms. The molecule has 19 heavy (non-hydrogen) atoms. The van der Waals surface area contributed by atoms with Crippen LogP contribution in [0.3, 0.4) is 0 Å². The van der Waals surface area contributed by atoms with E-state index in [1.54, 1.807) is 11.3 Å². The van der Waals surface area contributed by atoms with Crippen LogP contribution in [0.1, 0.15) is 31.7 Å². The lowest BCUT2D eigenvalue weighted by atomic mass is 10.0. The van der Waals surface area contributed by atoms with Gasteiger partial charge in [-0.3, -0.25) is 0 Å². The van der Waals surface area contributed by atoms with E-state index in [0.29, 0.717) is 12.1 Å². The summed E-state index contributed by atoms with van der Waals surface area (Å²) < 4.78 is 0. The first kappa shape index (κ1) is 16.9. The number of likely N-dealkylation sites (tertiary alicyclic amines) is 1. The molecule has 0 aliphatic carbocycles. The van der Waals surface area contributed by atoms with E-state index in [1.165, 1.54) is 31.5 Å². The summed E-state index contributed by atoms with van der Waals surface area (Å²) in [7, 11) is 0. The Morgan fingerprint density at radius 1 is 1.47 bits per heavy atom. The fourth-order valence-corrected chi connectivity index (χ4v) is 3.29. The van der Waals surface area contributed by atoms with Crippen molar-refractivity contribution >= 4 is 23.7 Å². The molecule has 110 valence electrons. The monoisotopic (exact) mass is 303 g/mol. The highest BCUT2D eigenvalue weighted by molar-refractivity contribution is 7.07. The first-order valence-electron chi connectivity index (χ1n) is 6.98. The van der Waals surface area contributed by atoms with Gasteiger partial charge in [0.1, 0.15) is 0 Å². The maximum Gasteiger partial charge on any atom is 0.0216 e. The molecule has 0 spiro atoms. The molecule has 0 radical (unpaired) electrons. The molecule has 1 aromatic rings. The summed E-state index contributed by atoms with van der Waals surface area (Å²) in [6, 6.07) is 3.54. The van der Waals surface area contributed by atoms with Crippen LogP contribution in [0.2, 0.25) is 0 Å². The molecular weight excluding hydrogens is 278 g/mol. The number of halogens is 1. The smallest absolute Gasteiger partial charge is 0.0216 e. The molecule has 3 N–H and O–H groups in total. The van der Waals surface area contributed by atoms with E-state index >= 15 is 0 Å². The molecular formula is C14H26ClN3S. The Hall–Kier alpha value is -0.130. The number of rotatable bonds is 6. The highest BCUT2D eigenvalue weighted by Crippen LogP contribution is 2.15. The van der Waals surface area contributed by atoms with Crippen molar-refractivity contribution < 1.29 is 0 Å². The van der Waals surface area contributed by atoms with Crippen molar-refractivity contribution in [2.45, 2.75) is 44.8 Å². The van der Waals surface area contributed by atoms with Gasteiger partial charge in [-0.25, -0.2) is 0 Å². The van der Waals surface area contributed by atoms with Crippen molar-refractivity contribution in [1.29, 1.82) is 0 Å². The molecule has 3 nitrogen and oxygen atoms in total. The summed E-state index contributed by atoms with van der Waals surface area (Å²) in [6.07, 6.45) is 3.64. The number of nitrogens with two attached hydrogens (primary N) is 1. The zero-order valence-corrected chi connectivity index (χ0v) is 13.3. The minimum atomic E-state index is 0. The van der Waals surface area contributed by atoms with Gasteiger partial charge in [0, 0.05) is 18.6 Å². The predicted molar refractivity (Wildman–Crippen MR) is 86.1 cm³/mol. The average molecular weight is 304 g/mol. The number of nitrogens with one attached hydrogen (secondary N) is 1. The molecule has 1 aromatic heterocycles. The third kappa shape index (κ3) is 5.40. The molecule has 0 saturated carbocycles. The van der Waals surface area contributed by atoms with Crippen LogP contribution in [-0.4, -0.2) is 36.6 Å². The molecule has 0 aromatic carbocycles. The second-order valence-corrected chi connectivity index (χ2v) is 6.03. The molecule has 1 aliphatic heterocycles. The van der Waals surface area contributed by atoms with Crippen molar-refractivity contribution in [1.82, 2.24) is 10.2 Å². The van der Waals surface area contributed by atoms with Gasteiger partial charge in [-0.15, -0.1) is 12.4 Å². The molecule has 5 heteroatoms. The number of thiophene rings is 1. The molecule has 1 fully saturated rings. The second-order valence-electron chi connectivity index (χ2n) is 5.25. The average Bonchev–Trinajstić information content (AvgIpc) is 2.90. The summed E-state index contributed by atoms with van der Waals surface area (Å²) in [6.45, 7) is 6.54. The van der Waals surface area contributed by atoms with Gasteiger partial charge >= 0.3 is 0 Å². The maximum atomic E-state index is 5.63. The first-order chi connectivity index (χ1) is 8.79.